The fourth-order valence-corrected chi connectivity index (χ4v) is 3.55. The highest BCUT2D eigenvalue weighted by Gasteiger charge is 2.24. The predicted molar refractivity (Wildman–Crippen MR) is 99.3 cm³/mol. The molecule has 1 saturated heterocycles. The maximum Gasteiger partial charge on any atom is 0.274 e. The number of hydrogen-bond donors (Lipinski definition) is 0. The molecule has 0 spiro atoms. The third-order valence-corrected chi connectivity index (χ3v) is 5.31. The van der Waals surface area contributed by atoms with Crippen molar-refractivity contribution >= 4 is 5.91 Å². The number of aryl methyl sites for hydroxylation is 2. The van der Waals surface area contributed by atoms with Crippen molar-refractivity contribution < 1.29 is 13.6 Å². The maximum atomic E-state index is 13.3. The molecule has 7 heteroatoms. The van der Waals surface area contributed by atoms with E-state index in [1.54, 1.807) is 15.6 Å². The van der Waals surface area contributed by atoms with Gasteiger partial charge >= 0.3 is 0 Å². The van der Waals surface area contributed by atoms with E-state index in [2.05, 4.69) is 10.00 Å². The molecule has 3 rings (SSSR count). The molecule has 1 aromatic heterocycles. The molecule has 0 atom stereocenters. The Bertz CT molecular complexity index is 793. The summed E-state index contributed by atoms with van der Waals surface area (Å²) < 4.78 is 28.1. The number of aromatic nitrogens is 2. The van der Waals surface area contributed by atoms with Gasteiger partial charge in [-0.3, -0.25) is 14.4 Å². The number of amides is 1. The summed E-state index contributed by atoms with van der Waals surface area (Å²) in [6.07, 6.45) is 1.95. The molecular weight excluding hydrogens is 350 g/mol. The molecule has 2 aromatic rings. The lowest BCUT2D eigenvalue weighted by Gasteiger charge is -2.33. The third-order valence-electron chi connectivity index (χ3n) is 5.31. The van der Waals surface area contributed by atoms with Gasteiger partial charge < -0.3 is 4.90 Å². The summed E-state index contributed by atoms with van der Waals surface area (Å²) in [6, 6.07) is 5.88. The van der Waals surface area contributed by atoms with Crippen molar-refractivity contribution in [3.8, 4) is 0 Å². The average molecular weight is 376 g/mol. The van der Waals surface area contributed by atoms with Gasteiger partial charge in [0.25, 0.3) is 5.91 Å². The van der Waals surface area contributed by atoms with Crippen LogP contribution in [0.4, 0.5) is 8.78 Å². The highest BCUT2D eigenvalue weighted by atomic mass is 19.2. The zero-order chi connectivity index (χ0) is 19.6. The van der Waals surface area contributed by atoms with Crippen LogP contribution in [-0.2, 0) is 13.6 Å². The Labute approximate surface area is 158 Å². The van der Waals surface area contributed by atoms with Crippen molar-refractivity contribution in [2.45, 2.75) is 26.3 Å². The SMILES string of the molecule is Cc1cc(C(=O)N(C)CC2CCN(Cc3ccc(F)c(F)c3)CC2)nn1C. The van der Waals surface area contributed by atoms with Crippen LogP contribution in [0.3, 0.4) is 0 Å². The van der Waals surface area contributed by atoms with Crippen molar-refractivity contribution in [3.63, 3.8) is 0 Å². The van der Waals surface area contributed by atoms with E-state index in [0.717, 1.165) is 37.2 Å². The van der Waals surface area contributed by atoms with Crippen LogP contribution in [0.15, 0.2) is 24.3 Å². The van der Waals surface area contributed by atoms with Gasteiger partial charge in [-0.25, -0.2) is 8.78 Å². The number of piperidine rings is 1. The fraction of sp³-hybridized carbons (Fsp3) is 0.500. The molecule has 0 N–H and O–H groups in total. The first kappa shape index (κ1) is 19.5. The van der Waals surface area contributed by atoms with Crippen LogP contribution < -0.4 is 0 Å². The monoisotopic (exact) mass is 376 g/mol. The summed E-state index contributed by atoms with van der Waals surface area (Å²) in [5.41, 5.74) is 2.22. The number of halogens is 2. The number of carbonyl (C=O) groups excluding carboxylic acids is 1. The quantitative estimate of drug-likeness (QED) is 0.806. The van der Waals surface area contributed by atoms with E-state index in [1.165, 1.54) is 12.1 Å². The Balaban J connectivity index is 1.48. The van der Waals surface area contributed by atoms with Crippen molar-refractivity contribution in [2.75, 3.05) is 26.7 Å². The number of benzene rings is 1. The van der Waals surface area contributed by atoms with Crippen LogP contribution in [0.2, 0.25) is 0 Å². The van der Waals surface area contributed by atoms with E-state index in [0.29, 0.717) is 24.7 Å². The second-order valence-corrected chi connectivity index (χ2v) is 7.45. The molecule has 2 heterocycles. The highest BCUT2D eigenvalue weighted by molar-refractivity contribution is 5.92. The van der Waals surface area contributed by atoms with Crippen LogP contribution in [0.1, 0.15) is 34.6 Å². The average Bonchev–Trinajstić information content (AvgIpc) is 2.98. The molecular formula is C20H26F2N4O. The summed E-state index contributed by atoms with van der Waals surface area (Å²) in [5, 5.41) is 4.26. The summed E-state index contributed by atoms with van der Waals surface area (Å²) in [6.45, 7) is 5.01. The molecule has 1 amide bonds. The lowest BCUT2D eigenvalue weighted by molar-refractivity contribution is 0.0731. The largest absolute Gasteiger partial charge is 0.340 e. The van der Waals surface area contributed by atoms with Crippen molar-refractivity contribution in [1.29, 1.82) is 0 Å². The number of rotatable bonds is 5. The Morgan fingerprint density at radius 2 is 1.93 bits per heavy atom. The first-order chi connectivity index (χ1) is 12.8. The summed E-state index contributed by atoms with van der Waals surface area (Å²) >= 11 is 0. The zero-order valence-corrected chi connectivity index (χ0v) is 16.1. The second-order valence-electron chi connectivity index (χ2n) is 7.45. The number of hydrogen-bond acceptors (Lipinski definition) is 3. The van der Waals surface area contributed by atoms with Crippen molar-refractivity contribution in [1.82, 2.24) is 19.6 Å². The predicted octanol–water partition coefficient (Wildman–Crippen LogP) is 2.99. The van der Waals surface area contributed by atoms with Gasteiger partial charge in [0.05, 0.1) is 0 Å². The minimum Gasteiger partial charge on any atom is -0.340 e. The molecule has 0 unspecified atom stereocenters. The maximum absolute atomic E-state index is 13.3. The van der Waals surface area contributed by atoms with E-state index in [4.69, 9.17) is 0 Å². The second kappa shape index (κ2) is 8.17. The summed E-state index contributed by atoms with van der Waals surface area (Å²) in [7, 11) is 3.65. The number of carbonyl (C=O) groups is 1. The summed E-state index contributed by atoms with van der Waals surface area (Å²) in [4.78, 5) is 16.5. The van der Waals surface area contributed by atoms with Gasteiger partial charge in [-0.2, -0.15) is 5.10 Å². The molecule has 146 valence electrons. The van der Waals surface area contributed by atoms with Gasteiger partial charge in [0, 0.05) is 32.9 Å². The lowest BCUT2D eigenvalue weighted by Crippen LogP contribution is -2.39. The molecule has 1 aliphatic rings. The standard InChI is InChI=1S/C20H26F2N4O/c1-14-10-19(23-25(14)3)20(27)24(2)12-15-6-8-26(9-7-15)13-16-4-5-17(21)18(22)11-16/h4-5,10-11,15H,6-9,12-13H2,1-3H3. The molecule has 1 fully saturated rings. The topological polar surface area (TPSA) is 41.4 Å². The zero-order valence-electron chi connectivity index (χ0n) is 16.1. The van der Waals surface area contributed by atoms with Crippen LogP contribution in [-0.4, -0.2) is 52.2 Å². The molecule has 1 aliphatic heterocycles. The molecule has 0 radical (unpaired) electrons. The molecule has 0 bridgehead atoms. The Morgan fingerprint density at radius 3 is 2.52 bits per heavy atom. The smallest absolute Gasteiger partial charge is 0.274 e. The minimum atomic E-state index is -0.812. The van der Waals surface area contributed by atoms with Gasteiger partial charge in [0.1, 0.15) is 0 Å². The van der Waals surface area contributed by atoms with Crippen molar-refractivity contribution in [3.05, 3.63) is 52.9 Å². The van der Waals surface area contributed by atoms with Gasteiger partial charge in [-0.15, -0.1) is 0 Å². The van der Waals surface area contributed by atoms with Gasteiger partial charge in [0.2, 0.25) is 0 Å². The molecule has 5 nitrogen and oxygen atoms in total. The van der Waals surface area contributed by atoms with Crippen LogP contribution in [0.25, 0.3) is 0 Å². The lowest BCUT2D eigenvalue weighted by atomic mass is 9.96. The fourth-order valence-electron chi connectivity index (χ4n) is 3.55. The Kier molecular flexibility index (Phi) is 5.89. The van der Waals surface area contributed by atoms with Crippen LogP contribution in [0, 0.1) is 24.5 Å². The molecule has 0 aliphatic carbocycles. The van der Waals surface area contributed by atoms with E-state index in [1.807, 2.05) is 27.1 Å². The van der Waals surface area contributed by atoms with E-state index in [9.17, 15) is 13.6 Å². The molecule has 27 heavy (non-hydrogen) atoms. The first-order valence-electron chi connectivity index (χ1n) is 9.26. The first-order valence-corrected chi connectivity index (χ1v) is 9.26. The summed E-state index contributed by atoms with van der Waals surface area (Å²) in [5.74, 6) is -1.23. The van der Waals surface area contributed by atoms with Gasteiger partial charge in [0.15, 0.2) is 17.3 Å². The van der Waals surface area contributed by atoms with Crippen LogP contribution in [0.5, 0.6) is 0 Å². The van der Waals surface area contributed by atoms with Crippen molar-refractivity contribution in [2.24, 2.45) is 13.0 Å². The third kappa shape index (κ3) is 4.71. The van der Waals surface area contributed by atoms with E-state index < -0.39 is 11.6 Å². The molecule has 1 aromatic carbocycles. The number of nitrogens with zero attached hydrogens (tertiary/aromatic N) is 4. The van der Waals surface area contributed by atoms with Gasteiger partial charge in [-0.05, 0) is 62.5 Å². The Morgan fingerprint density at radius 1 is 1.22 bits per heavy atom. The van der Waals surface area contributed by atoms with E-state index in [-0.39, 0.29) is 5.91 Å². The number of likely N-dealkylation sites (tertiary alicyclic amines) is 1. The molecule has 0 saturated carbocycles. The van der Waals surface area contributed by atoms with Gasteiger partial charge in [-0.1, -0.05) is 6.07 Å². The minimum absolute atomic E-state index is 0.0529. The van der Waals surface area contributed by atoms with E-state index >= 15 is 0 Å². The Hall–Kier alpha value is -2.28. The normalized spacial score (nSPS) is 15.9. The highest BCUT2D eigenvalue weighted by Crippen LogP contribution is 2.21. The van der Waals surface area contributed by atoms with Crippen LogP contribution >= 0.6 is 0 Å².